The molecule has 0 heterocycles. The van der Waals surface area contributed by atoms with Crippen LogP contribution in [0, 0.1) is 5.92 Å². The Labute approximate surface area is 573 Å². The molecule has 3 N–H and O–H groups in total. The normalized spacial score (nSPS) is 14.1. The van der Waals surface area contributed by atoms with Gasteiger partial charge in [0.2, 0.25) is 0 Å². The van der Waals surface area contributed by atoms with Crippen LogP contribution in [-0.2, 0) is 65.4 Å². The number of rotatable bonds is 73. The second-order valence-corrected chi connectivity index (χ2v) is 29.7. The molecule has 2 unspecified atom stereocenters. The minimum atomic E-state index is -4.96. The maximum atomic E-state index is 13.1. The third kappa shape index (κ3) is 68.1. The van der Waals surface area contributed by atoms with E-state index in [0.29, 0.717) is 25.7 Å². The molecule has 94 heavy (non-hydrogen) atoms. The highest BCUT2D eigenvalue weighted by Gasteiger charge is 2.30. The number of aliphatic hydroxyl groups is 1. The van der Waals surface area contributed by atoms with Gasteiger partial charge in [-0.2, -0.15) is 0 Å². The van der Waals surface area contributed by atoms with Crippen LogP contribution in [0.3, 0.4) is 0 Å². The van der Waals surface area contributed by atoms with E-state index in [4.69, 9.17) is 37.0 Å². The van der Waals surface area contributed by atoms with E-state index in [1.54, 1.807) is 0 Å². The molecule has 0 fully saturated rings. The quantitative estimate of drug-likeness (QED) is 0.0169. The lowest BCUT2D eigenvalue weighted by atomic mass is 10.0. The minimum absolute atomic E-state index is 0.102. The lowest BCUT2D eigenvalue weighted by Crippen LogP contribution is -2.30. The molecule has 17 nitrogen and oxygen atoms in total. The van der Waals surface area contributed by atoms with E-state index in [9.17, 15) is 43.2 Å². The van der Waals surface area contributed by atoms with Gasteiger partial charge in [0.25, 0.3) is 0 Å². The Bertz CT molecular complexity index is 1900. The number of hydrogen-bond acceptors (Lipinski definition) is 15. The molecule has 554 valence electrons. The first-order valence-electron chi connectivity index (χ1n) is 38.5. The third-order valence-corrected chi connectivity index (χ3v) is 18.8. The second kappa shape index (κ2) is 67.7. The van der Waals surface area contributed by atoms with Crippen LogP contribution in [0.4, 0.5) is 0 Å². The minimum Gasteiger partial charge on any atom is -0.462 e. The van der Waals surface area contributed by atoms with Crippen molar-refractivity contribution in [2.75, 3.05) is 39.6 Å². The highest BCUT2D eigenvalue weighted by molar-refractivity contribution is 7.47. The van der Waals surface area contributed by atoms with E-state index in [1.807, 2.05) is 0 Å². The van der Waals surface area contributed by atoms with E-state index in [0.717, 1.165) is 115 Å². The van der Waals surface area contributed by atoms with Crippen LogP contribution in [0.15, 0.2) is 24.3 Å². The summed E-state index contributed by atoms with van der Waals surface area (Å²) in [5.74, 6) is -1.43. The first-order chi connectivity index (χ1) is 45.5. The monoisotopic (exact) mass is 1380 g/mol. The van der Waals surface area contributed by atoms with Crippen molar-refractivity contribution in [3.63, 3.8) is 0 Å². The van der Waals surface area contributed by atoms with E-state index in [1.165, 1.54) is 173 Å². The molecule has 19 heteroatoms. The highest BCUT2D eigenvalue weighted by atomic mass is 31.2. The fourth-order valence-corrected chi connectivity index (χ4v) is 12.6. The number of esters is 4. The van der Waals surface area contributed by atoms with Gasteiger partial charge in [0.15, 0.2) is 12.2 Å². The van der Waals surface area contributed by atoms with Crippen molar-refractivity contribution in [2.45, 2.75) is 387 Å². The summed E-state index contributed by atoms with van der Waals surface area (Å²) in [5, 5.41) is 10.6. The Kier molecular flexibility index (Phi) is 65.9. The van der Waals surface area contributed by atoms with E-state index >= 15 is 0 Å². The first-order valence-corrected chi connectivity index (χ1v) is 41.4. The first kappa shape index (κ1) is 91.5. The van der Waals surface area contributed by atoms with Crippen LogP contribution in [-0.4, -0.2) is 96.7 Å². The number of hydrogen-bond donors (Lipinski definition) is 3. The summed E-state index contributed by atoms with van der Waals surface area (Å²) in [6, 6.07) is 0. The molecule has 0 aliphatic heterocycles. The fourth-order valence-electron chi connectivity index (χ4n) is 11.0. The van der Waals surface area contributed by atoms with Crippen molar-refractivity contribution >= 4 is 39.5 Å². The van der Waals surface area contributed by atoms with Crippen molar-refractivity contribution in [2.24, 2.45) is 5.92 Å². The van der Waals surface area contributed by atoms with Gasteiger partial charge < -0.3 is 33.8 Å². The van der Waals surface area contributed by atoms with Crippen molar-refractivity contribution in [1.29, 1.82) is 0 Å². The molecule has 0 aromatic heterocycles. The molecule has 0 aromatic rings. The number of unbranched alkanes of at least 4 members (excludes halogenated alkanes) is 42. The summed E-state index contributed by atoms with van der Waals surface area (Å²) >= 11 is 0. The van der Waals surface area contributed by atoms with Crippen molar-refractivity contribution in [3.05, 3.63) is 24.3 Å². The Balaban J connectivity index is 5.28. The number of carbonyl (C=O) groups excluding carboxylic acids is 4. The number of ether oxygens (including phenoxy) is 4. The van der Waals surface area contributed by atoms with Gasteiger partial charge in [-0.05, 0) is 57.3 Å². The van der Waals surface area contributed by atoms with E-state index < -0.39 is 97.5 Å². The standard InChI is InChI=1S/C75H142O17P2/c1-6-9-12-15-18-21-24-26-28-29-31-33-36-39-45-50-55-60-74(79)91-70(64-86-73(78)59-54-49-44-38-35-32-30-27-25-22-19-16-13-10-7-2)66-89-93(81,82)87-62-69(76)63-88-94(83,84)90-67-71(92-75(80)61-56-51-46-41-40-42-47-52-57-68(4)5)65-85-72(77)58-53-48-43-37-34-23-20-17-14-11-8-3/h22,25,27,30,68-71,76H,6-21,23-24,26,28-29,31-67H2,1-5H3,(H,81,82)(H,83,84)/b25-22-,30-27-/t69-,70-,71-/m1/s1. The predicted molar refractivity (Wildman–Crippen MR) is 381 cm³/mol. The molecular weight excluding hydrogens is 1230 g/mol. The molecule has 0 bridgehead atoms. The zero-order chi connectivity index (χ0) is 69.1. The van der Waals surface area contributed by atoms with Crippen LogP contribution >= 0.6 is 15.6 Å². The van der Waals surface area contributed by atoms with Crippen LogP contribution in [0.5, 0.6) is 0 Å². The molecular formula is C75H142O17P2. The molecule has 0 saturated carbocycles. The van der Waals surface area contributed by atoms with Gasteiger partial charge in [-0.15, -0.1) is 0 Å². The van der Waals surface area contributed by atoms with Crippen LogP contribution in [0.25, 0.3) is 0 Å². The third-order valence-electron chi connectivity index (χ3n) is 16.9. The molecule has 0 aliphatic carbocycles. The Morgan fingerprint density at radius 2 is 0.574 bits per heavy atom. The van der Waals surface area contributed by atoms with Gasteiger partial charge in [-0.1, -0.05) is 316 Å². The average molecular weight is 1380 g/mol. The number of aliphatic hydroxyl groups excluding tert-OH is 1. The summed E-state index contributed by atoms with van der Waals surface area (Å²) in [6.45, 7) is 7.17. The molecule has 0 aromatic carbocycles. The Morgan fingerprint density at radius 1 is 0.330 bits per heavy atom. The molecule has 0 aliphatic rings. The highest BCUT2D eigenvalue weighted by Crippen LogP contribution is 2.45. The van der Waals surface area contributed by atoms with Crippen LogP contribution < -0.4 is 0 Å². The van der Waals surface area contributed by atoms with Gasteiger partial charge in [0.1, 0.15) is 19.3 Å². The topological polar surface area (TPSA) is 237 Å². The average Bonchev–Trinajstić information content (AvgIpc) is 1.20. The van der Waals surface area contributed by atoms with Crippen molar-refractivity contribution in [3.8, 4) is 0 Å². The lowest BCUT2D eigenvalue weighted by molar-refractivity contribution is -0.161. The molecule has 0 radical (unpaired) electrons. The number of phosphoric ester groups is 2. The van der Waals surface area contributed by atoms with Gasteiger partial charge in [-0.3, -0.25) is 37.3 Å². The van der Waals surface area contributed by atoms with Gasteiger partial charge in [-0.25, -0.2) is 9.13 Å². The van der Waals surface area contributed by atoms with Crippen molar-refractivity contribution in [1.82, 2.24) is 0 Å². The zero-order valence-electron chi connectivity index (χ0n) is 60.6. The van der Waals surface area contributed by atoms with Gasteiger partial charge >= 0.3 is 39.5 Å². The summed E-state index contributed by atoms with van der Waals surface area (Å²) in [5.41, 5.74) is 0. The molecule has 0 spiro atoms. The van der Waals surface area contributed by atoms with Gasteiger partial charge in [0.05, 0.1) is 26.4 Å². The summed E-state index contributed by atoms with van der Waals surface area (Å²) in [7, 11) is -9.92. The SMILES string of the molecule is CCCCCC/C=C\C=C/CCCCCCCC(=O)OC[C@H](COP(=O)(O)OC[C@@H](O)COP(=O)(O)OC[C@@H](COC(=O)CCCCCCCCCCCCC)OC(=O)CCCCCCCCCCC(C)C)OC(=O)CCCCCCCCCCCCCCCCCCC. The zero-order valence-corrected chi connectivity index (χ0v) is 62.4. The number of phosphoric acid groups is 2. The molecule has 0 rings (SSSR count). The largest absolute Gasteiger partial charge is 0.472 e. The smallest absolute Gasteiger partial charge is 0.462 e. The van der Waals surface area contributed by atoms with Gasteiger partial charge in [0, 0.05) is 25.7 Å². The summed E-state index contributed by atoms with van der Waals surface area (Å²) < 4.78 is 68.4. The van der Waals surface area contributed by atoms with Crippen LogP contribution in [0.1, 0.15) is 369 Å². The Morgan fingerprint density at radius 3 is 0.872 bits per heavy atom. The molecule has 0 saturated heterocycles. The predicted octanol–water partition coefficient (Wildman–Crippen LogP) is 21.6. The molecule has 0 amide bonds. The maximum Gasteiger partial charge on any atom is 0.472 e. The number of carbonyl (C=O) groups is 4. The van der Waals surface area contributed by atoms with Crippen LogP contribution in [0.2, 0.25) is 0 Å². The summed E-state index contributed by atoms with van der Waals surface area (Å²) in [4.78, 5) is 72.7. The second-order valence-electron chi connectivity index (χ2n) is 26.8. The fraction of sp³-hybridized carbons (Fsp3) is 0.893. The number of allylic oxidation sites excluding steroid dienone is 4. The lowest BCUT2D eigenvalue weighted by Gasteiger charge is -2.21. The van der Waals surface area contributed by atoms with E-state index in [2.05, 4.69) is 58.9 Å². The molecule has 5 atom stereocenters. The Hall–Kier alpha value is -2.46. The maximum absolute atomic E-state index is 13.1. The van der Waals surface area contributed by atoms with E-state index in [-0.39, 0.29) is 25.7 Å². The summed E-state index contributed by atoms with van der Waals surface area (Å²) in [6.07, 6.45) is 59.0. The van der Waals surface area contributed by atoms with Crippen molar-refractivity contribution < 1.29 is 80.2 Å².